The average Bonchev–Trinajstić information content (AvgIpc) is 3.09. The van der Waals surface area contributed by atoms with E-state index in [1.807, 2.05) is 0 Å². The second kappa shape index (κ2) is 5.45. The Hall–Kier alpha value is -1.93. The lowest BCUT2D eigenvalue weighted by Gasteiger charge is -2.17. The zero-order chi connectivity index (χ0) is 15.0. The third-order valence-electron chi connectivity index (χ3n) is 3.62. The van der Waals surface area contributed by atoms with E-state index in [2.05, 4.69) is 15.8 Å². The van der Waals surface area contributed by atoms with E-state index in [1.165, 1.54) is 6.92 Å². The average molecular weight is 295 g/mol. The van der Waals surface area contributed by atoms with E-state index in [-0.39, 0.29) is 41.8 Å². The first-order valence-electron chi connectivity index (χ1n) is 6.79. The molecule has 114 valence electrons. The highest BCUT2D eigenvalue weighted by atomic mass is 16.6. The SMILES string of the molecule is CC(=O)N[C@H]1CO[C@H]2[C@@H]1OC[C@@H]2NC(=O)c1cc(C)on1. The Morgan fingerprint density at radius 3 is 2.33 bits per heavy atom. The summed E-state index contributed by atoms with van der Waals surface area (Å²) in [5.74, 6) is 0.120. The van der Waals surface area contributed by atoms with Crippen molar-refractivity contribution in [1.29, 1.82) is 0 Å². The van der Waals surface area contributed by atoms with Gasteiger partial charge in [-0.3, -0.25) is 9.59 Å². The van der Waals surface area contributed by atoms with Gasteiger partial charge >= 0.3 is 0 Å². The number of ether oxygens (including phenoxy) is 2. The first kappa shape index (κ1) is 14.0. The molecule has 2 saturated heterocycles. The maximum absolute atomic E-state index is 12.0. The van der Waals surface area contributed by atoms with Crippen LogP contribution in [0.25, 0.3) is 0 Å². The van der Waals surface area contributed by atoms with E-state index < -0.39 is 0 Å². The summed E-state index contributed by atoms with van der Waals surface area (Å²) >= 11 is 0. The molecule has 4 atom stereocenters. The standard InChI is InChI=1S/C13H17N3O5/c1-6-3-8(16-21-6)13(18)15-10-5-20-11-9(14-7(2)17)4-19-12(10)11/h3,9-12H,4-5H2,1-2H3,(H,14,17)(H,15,18)/t9-,10-,11+,12+/m0/s1. The molecule has 2 aliphatic heterocycles. The molecule has 21 heavy (non-hydrogen) atoms. The van der Waals surface area contributed by atoms with Gasteiger partial charge in [0.05, 0.1) is 25.3 Å². The fourth-order valence-electron chi connectivity index (χ4n) is 2.72. The zero-order valence-electron chi connectivity index (χ0n) is 11.8. The lowest BCUT2D eigenvalue weighted by atomic mass is 10.1. The molecule has 0 aromatic carbocycles. The summed E-state index contributed by atoms with van der Waals surface area (Å²) in [4.78, 5) is 23.2. The van der Waals surface area contributed by atoms with E-state index in [4.69, 9.17) is 14.0 Å². The molecule has 2 N–H and O–H groups in total. The van der Waals surface area contributed by atoms with Crippen molar-refractivity contribution in [3.63, 3.8) is 0 Å². The van der Waals surface area contributed by atoms with Crippen molar-refractivity contribution in [3.05, 3.63) is 17.5 Å². The molecule has 3 heterocycles. The summed E-state index contributed by atoms with van der Waals surface area (Å²) in [6.45, 7) is 3.89. The molecule has 1 aromatic heterocycles. The van der Waals surface area contributed by atoms with E-state index >= 15 is 0 Å². The van der Waals surface area contributed by atoms with Gasteiger partial charge in [0.15, 0.2) is 5.69 Å². The van der Waals surface area contributed by atoms with Crippen molar-refractivity contribution in [3.8, 4) is 0 Å². The van der Waals surface area contributed by atoms with Crippen LogP contribution in [0.4, 0.5) is 0 Å². The number of carbonyl (C=O) groups is 2. The largest absolute Gasteiger partial charge is 0.371 e. The highest BCUT2D eigenvalue weighted by molar-refractivity contribution is 5.92. The first-order valence-corrected chi connectivity index (χ1v) is 6.79. The molecule has 3 rings (SSSR count). The number of amides is 2. The minimum Gasteiger partial charge on any atom is -0.371 e. The van der Waals surface area contributed by atoms with Crippen molar-refractivity contribution >= 4 is 11.8 Å². The topological polar surface area (TPSA) is 103 Å². The molecule has 0 aliphatic carbocycles. The number of carbonyl (C=O) groups excluding carboxylic acids is 2. The smallest absolute Gasteiger partial charge is 0.273 e. The van der Waals surface area contributed by atoms with Gasteiger partial charge in [-0.25, -0.2) is 0 Å². The molecule has 0 saturated carbocycles. The monoisotopic (exact) mass is 295 g/mol. The van der Waals surface area contributed by atoms with Gasteiger partial charge in [0.25, 0.3) is 5.91 Å². The van der Waals surface area contributed by atoms with Crippen molar-refractivity contribution in [1.82, 2.24) is 15.8 Å². The van der Waals surface area contributed by atoms with Crippen molar-refractivity contribution in [2.75, 3.05) is 13.2 Å². The summed E-state index contributed by atoms with van der Waals surface area (Å²) in [5.41, 5.74) is 0.229. The lowest BCUT2D eigenvalue weighted by molar-refractivity contribution is -0.120. The van der Waals surface area contributed by atoms with Gasteiger partial charge in [-0.1, -0.05) is 5.16 Å². The Morgan fingerprint density at radius 2 is 1.81 bits per heavy atom. The quantitative estimate of drug-likeness (QED) is 0.770. The van der Waals surface area contributed by atoms with E-state index in [1.54, 1.807) is 13.0 Å². The Balaban J connectivity index is 1.61. The number of rotatable bonds is 3. The molecular weight excluding hydrogens is 278 g/mol. The highest BCUT2D eigenvalue weighted by Crippen LogP contribution is 2.27. The van der Waals surface area contributed by atoms with Crippen LogP contribution in [0.15, 0.2) is 10.6 Å². The predicted octanol–water partition coefficient (Wildman–Crippen LogP) is -0.616. The van der Waals surface area contributed by atoms with Crippen LogP contribution >= 0.6 is 0 Å². The van der Waals surface area contributed by atoms with Crippen molar-refractivity contribution in [2.24, 2.45) is 0 Å². The fourth-order valence-corrected chi connectivity index (χ4v) is 2.72. The summed E-state index contributed by atoms with van der Waals surface area (Å²) in [7, 11) is 0. The highest BCUT2D eigenvalue weighted by Gasteiger charge is 2.48. The molecule has 2 aliphatic rings. The van der Waals surface area contributed by atoms with Crippen LogP contribution in [0.3, 0.4) is 0 Å². The maximum atomic E-state index is 12.0. The van der Waals surface area contributed by atoms with Crippen molar-refractivity contribution < 1.29 is 23.6 Å². The Labute approximate surface area is 121 Å². The number of aryl methyl sites for hydroxylation is 1. The lowest BCUT2D eigenvalue weighted by Crippen LogP contribution is -2.46. The number of hydrogen-bond donors (Lipinski definition) is 2. The van der Waals surface area contributed by atoms with Gasteiger partial charge in [-0.2, -0.15) is 0 Å². The van der Waals surface area contributed by atoms with Crippen LogP contribution in [0.5, 0.6) is 0 Å². The van der Waals surface area contributed by atoms with Crippen LogP contribution in [0.1, 0.15) is 23.2 Å². The number of hydrogen-bond acceptors (Lipinski definition) is 6. The van der Waals surface area contributed by atoms with E-state index in [0.29, 0.717) is 19.0 Å². The minimum atomic E-state index is -0.326. The summed E-state index contributed by atoms with van der Waals surface area (Å²) in [5, 5.41) is 9.29. The molecule has 2 fully saturated rings. The number of nitrogens with one attached hydrogen (secondary N) is 2. The second-order valence-electron chi connectivity index (χ2n) is 5.31. The normalized spacial score (nSPS) is 31.0. The van der Waals surface area contributed by atoms with E-state index in [9.17, 15) is 9.59 Å². The molecule has 0 spiro atoms. The molecule has 0 bridgehead atoms. The Bertz CT molecular complexity index is 558. The molecule has 1 aromatic rings. The second-order valence-corrected chi connectivity index (χ2v) is 5.31. The number of aromatic nitrogens is 1. The van der Waals surface area contributed by atoms with Crippen LogP contribution in [0.2, 0.25) is 0 Å². The first-order chi connectivity index (χ1) is 10.0. The third-order valence-corrected chi connectivity index (χ3v) is 3.62. The zero-order valence-corrected chi connectivity index (χ0v) is 11.8. The Morgan fingerprint density at radius 1 is 1.19 bits per heavy atom. The minimum absolute atomic E-state index is 0.126. The predicted molar refractivity (Wildman–Crippen MR) is 69.6 cm³/mol. The van der Waals surface area contributed by atoms with E-state index in [0.717, 1.165) is 0 Å². The number of fused-ring (bicyclic) bond motifs is 1. The van der Waals surface area contributed by atoms with Crippen LogP contribution in [-0.4, -0.2) is 54.5 Å². The van der Waals surface area contributed by atoms with Crippen molar-refractivity contribution in [2.45, 2.75) is 38.1 Å². The molecular formula is C13H17N3O5. The number of nitrogens with zero attached hydrogens (tertiary/aromatic N) is 1. The molecule has 2 amide bonds. The third kappa shape index (κ3) is 2.77. The Kier molecular flexibility index (Phi) is 3.64. The van der Waals surface area contributed by atoms with Gasteiger partial charge in [-0.15, -0.1) is 0 Å². The van der Waals surface area contributed by atoms with Gasteiger partial charge < -0.3 is 24.6 Å². The molecule has 8 heteroatoms. The van der Waals surface area contributed by atoms with Crippen LogP contribution in [-0.2, 0) is 14.3 Å². The fraction of sp³-hybridized carbons (Fsp3) is 0.615. The molecule has 8 nitrogen and oxygen atoms in total. The van der Waals surface area contributed by atoms with Crippen LogP contribution in [0, 0.1) is 6.92 Å². The van der Waals surface area contributed by atoms with Gasteiger partial charge in [-0.05, 0) is 6.92 Å². The summed E-state index contributed by atoms with van der Waals surface area (Å²) in [6, 6.07) is 1.13. The maximum Gasteiger partial charge on any atom is 0.273 e. The van der Waals surface area contributed by atoms with Gasteiger partial charge in [0, 0.05) is 13.0 Å². The van der Waals surface area contributed by atoms with Gasteiger partial charge in [0.1, 0.15) is 18.0 Å². The van der Waals surface area contributed by atoms with Crippen LogP contribution < -0.4 is 10.6 Å². The molecule has 0 unspecified atom stereocenters. The summed E-state index contributed by atoms with van der Waals surface area (Å²) in [6.07, 6.45) is -0.503. The molecule has 0 radical (unpaired) electrons. The van der Waals surface area contributed by atoms with Gasteiger partial charge in [0.2, 0.25) is 5.91 Å². The summed E-state index contributed by atoms with van der Waals surface area (Å²) < 4.78 is 16.2.